The number of aromatic nitrogens is 1. The summed E-state index contributed by atoms with van der Waals surface area (Å²) in [4.78, 5) is 15.6. The van der Waals surface area contributed by atoms with Crippen LogP contribution in [0.25, 0.3) is 10.9 Å². The van der Waals surface area contributed by atoms with Crippen molar-refractivity contribution >= 4 is 16.8 Å². The topological polar surface area (TPSA) is 42.0 Å². The van der Waals surface area contributed by atoms with E-state index in [0.29, 0.717) is 13.0 Å². The van der Waals surface area contributed by atoms with Gasteiger partial charge in [-0.2, -0.15) is 0 Å². The summed E-state index contributed by atoms with van der Waals surface area (Å²) in [5, 5.41) is 3.93. The standard InChI is InChI=1S/C13H14N2O/c1-2-13(16)14-9-11-8-7-10-5-3-4-6-12(10)15-11/h3-8H,2,9H2,1H3,(H,14,16). The highest BCUT2D eigenvalue weighted by atomic mass is 16.1. The summed E-state index contributed by atoms with van der Waals surface area (Å²) in [6, 6.07) is 11.9. The van der Waals surface area contributed by atoms with Crippen LogP contribution in [0.15, 0.2) is 36.4 Å². The van der Waals surface area contributed by atoms with Crippen LogP contribution in [0.4, 0.5) is 0 Å². The highest BCUT2D eigenvalue weighted by Gasteiger charge is 2.00. The molecule has 0 aliphatic heterocycles. The fourth-order valence-electron chi connectivity index (χ4n) is 1.52. The molecule has 0 aliphatic carbocycles. The number of pyridine rings is 1. The summed E-state index contributed by atoms with van der Waals surface area (Å²) in [5.41, 5.74) is 1.85. The fourth-order valence-corrected chi connectivity index (χ4v) is 1.52. The zero-order valence-corrected chi connectivity index (χ0v) is 9.23. The first-order valence-corrected chi connectivity index (χ1v) is 5.41. The molecule has 1 aromatic carbocycles. The molecule has 3 nitrogen and oxygen atoms in total. The second-order valence-corrected chi connectivity index (χ2v) is 3.63. The number of carbonyl (C=O) groups is 1. The van der Waals surface area contributed by atoms with Gasteiger partial charge in [0.2, 0.25) is 5.91 Å². The molecule has 0 saturated carbocycles. The Labute approximate surface area is 94.5 Å². The molecule has 0 saturated heterocycles. The first kappa shape index (κ1) is 10.6. The number of nitrogens with one attached hydrogen (secondary N) is 1. The molecule has 0 unspecified atom stereocenters. The molecule has 1 aromatic heterocycles. The van der Waals surface area contributed by atoms with E-state index in [1.165, 1.54) is 0 Å². The third-order valence-electron chi connectivity index (χ3n) is 2.44. The van der Waals surface area contributed by atoms with Crippen molar-refractivity contribution in [2.75, 3.05) is 0 Å². The Bertz CT molecular complexity index is 508. The largest absolute Gasteiger partial charge is 0.350 e. The number of hydrogen-bond acceptors (Lipinski definition) is 2. The average Bonchev–Trinajstić information content (AvgIpc) is 2.35. The predicted molar refractivity (Wildman–Crippen MR) is 63.9 cm³/mol. The molecule has 2 rings (SSSR count). The van der Waals surface area contributed by atoms with Gasteiger partial charge in [0.1, 0.15) is 0 Å². The Morgan fingerprint density at radius 3 is 2.88 bits per heavy atom. The lowest BCUT2D eigenvalue weighted by molar-refractivity contribution is -0.120. The minimum atomic E-state index is 0.0509. The molecule has 16 heavy (non-hydrogen) atoms. The number of nitrogens with zero attached hydrogens (tertiary/aromatic N) is 1. The maximum absolute atomic E-state index is 11.1. The Hall–Kier alpha value is -1.90. The third-order valence-corrected chi connectivity index (χ3v) is 2.44. The Balaban J connectivity index is 2.16. The first-order chi connectivity index (χ1) is 7.79. The monoisotopic (exact) mass is 214 g/mol. The molecule has 3 heteroatoms. The smallest absolute Gasteiger partial charge is 0.220 e. The van der Waals surface area contributed by atoms with Gasteiger partial charge in [0.05, 0.1) is 17.8 Å². The zero-order chi connectivity index (χ0) is 11.4. The van der Waals surface area contributed by atoms with Gasteiger partial charge in [-0.25, -0.2) is 0 Å². The molecule has 0 radical (unpaired) electrons. The zero-order valence-electron chi connectivity index (χ0n) is 9.23. The molecule has 0 fully saturated rings. The lowest BCUT2D eigenvalue weighted by Gasteiger charge is -2.04. The van der Waals surface area contributed by atoms with E-state index >= 15 is 0 Å². The van der Waals surface area contributed by atoms with Crippen molar-refractivity contribution in [1.82, 2.24) is 10.3 Å². The second-order valence-electron chi connectivity index (χ2n) is 3.63. The van der Waals surface area contributed by atoms with Gasteiger partial charge in [-0.1, -0.05) is 31.2 Å². The number of rotatable bonds is 3. The molecule has 0 spiro atoms. The van der Waals surface area contributed by atoms with Crippen molar-refractivity contribution in [2.24, 2.45) is 0 Å². The van der Waals surface area contributed by atoms with Crippen LogP contribution in [0.5, 0.6) is 0 Å². The van der Waals surface area contributed by atoms with Gasteiger partial charge in [-0.05, 0) is 12.1 Å². The van der Waals surface area contributed by atoms with Crippen molar-refractivity contribution in [3.05, 3.63) is 42.1 Å². The predicted octanol–water partition coefficient (Wildman–Crippen LogP) is 2.26. The van der Waals surface area contributed by atoms with E-state index in [1.807, 2.05) is 43.3 Å². The number of para-hydroxylation sites is 1. The second kappa shape index (κ2) is 4.75. The van der Waals surface area contributed by atoms with E-state index < -0.39 is 0 Å². The van der Waals surface area contributed by atoms with Crippen LogP contribution in [-0.2, 0) is 11.3 Å². The molecular weight excluding hydrogens is 200 g/mol. The van der Waals surface area contributed by atoms with Crippen LogP contribution in [0, 0.1) is 0 Å². The van der Waals surface area contributed by atoms with Gasteiger partial charge in [-0.3, -0.25) is 9.78 Å². The third kappa shape index (κ3) is 2.37. The normalized spacial score (nSPS) is 10.3. The average molecular weight is 214 g/mol. The molecule has 82 valence electrons. The minimum absolute atomic E-state index is 0.0509. The van der Waals surface area contributed by atoms with Crippen molar-refractivity contribution in [1.29, 1.82) is 0 Å². The number of carbonyl (C=O) groups excluding carboxylic acids is 1. The van der Waals surface area contributed by atoms with E-state index in [2.05, 4.69) is 10.3 Å². The molecule has 1 heterocycles. The summed E-state index contributed by atoms with van der Waals surface area (Å²) in [6.07, 6.45) is 0.508. The van der Waals surface area contributed by atoms with Gasteiger partial charge < -0.3 is 5.32 Å². The van der Waals surface area contributed by atoms with Crippen LogP contribution < -0.4 is 5.32 Å². The first-order valence-electron chi connectivity index (χ1n) is 5.41. The maximum atomic E-state index is 11.1. The van der Waals surface area contributed by atoms with Gasteiger partial charge in [0.15, 0.2) is 0 Å². The van der Waals surface area contributed by atoms with Crippen molar-refractivity contribution < 1.29 is 4.79 Å². The molecule has 1 amide bonds. The molecule has 0 aliphatic rings. The quantitative estimate of drug-likeness (QED) is 0.851. The van der Waals surface area contributed by atoms with Crippen molar-refractivity contribution in [3.8, 4) is 0 Å². The van der Waals surface area contributed by atoms with Crippen LogP contribution in [0.3, 0.4) is 0 Å². The molecular formula is C13H14N2O. The summed E-state index contributed by atoms with van der Waals surface area (Å²) in [6.45, 7) is 2.33. The van der Waals surface area contributed by atoms with E-state index in [-0.39, 0.29) is 5.91 Å². The lowest BCUT2D eigenvalue weighted by Crippen LogP contribution is -2.21. The summed E-state index contributed by atoms with van der Waals surface area (Å²) >= 11 is 0. The van der Waals surface area contributed by atoms with Gasteiger partial charge in [-0.15, -0.1) is 0 Å². The van der Waals surface area contributed by atoms with Gasteiger partial charge in [0, 0.05) is 11.8 Å². The highest BCUT2D eigenvalue weighted by Crippen LogP contribution is 2.11. The van der Waals surface area contributed by atoms with E-state index in [0.717, 1.165) is 16.6 Å². The van der Waals surface area contributed by atoms with E-state index in [1.54, 1.807) is 0 Å². The van der Waals surface area contributed by atoms with Crippen LogP contribution in [0.1, 0.15) is 19.0 Å². The maximum Gasteiger partial charge on any atom is 0.220 e. The number of benzene rings is 1. The van der Waals surface area contributed by atoms with Crippen molar-refractivity contribution in [3.63, 3.8) is 0 Å². The summed E-state index contributed by atoms with van der Waals surface area (Å²) in [5.74, 6) is 0.0509. The van der Waals surface area contributed by atoms with Crippen LogP contribution in [-0.4, -0.2) is 10.9 Å². The highest BCUT2D eigenvalue weighted by molar-refractivity contribution is 5.78. The summed E-state index contributed by atoms with van der Waals surface area (Å²) in [7, 11) is 0. The SMILES string of the molecule is CCC(=O)NCc1ccc2ccccc2n1. The summed E-state index contributed by atoms with van der Waals surface area (Å²) < 4.78 is 0. The molecule has 2 aromatic rings. The number of hydrogen-bond donors (Lipinski definition) is 1. The van der Waals surface area contributed by atoms with E-state index in [4.69, 9.17) is 0 Å². The number of fused-ring (bicyclic) bond motifs is 1. The molecule has 0 atom stereocenters. The van der Waals surface area contributed by atoms with Gasteiger partial charge in [0.25, 0.3) is 0 Å². The molecule has 0 bridgehead atoms. The lowest BCUT2D eigenvalue weighted by atomic mass is 10.2. The van der Waals surface area contributed by atoms with Crippen LogP contribution in [0.2, 0.25) is 0 Å². The van der Waals surface area contributed by atoms with E-state index in [9.17, 15) is 4.79 Å². The molecule has 1 N–H and O–H groups in total. The fraction of sp³-hybridized carbons (Fsp3) is 0.231. The van der Waals surface area contributed by atoms with Gasteiger partial charge >= 0.3 is 0 Å². The number of amides is 1. The van der Waals surface area contributed by atoms with Crippen LogP contribution >= 0.6 is 0 Å². The van der Waals surface area contributed by atoms with Crippen molar-refractivity contribution in [2.45, 2.75) is 19.9 Å². The minimum Gasteiger partial charge on any atom is -0.350 e. The Morgan fingerprint density at radius 1 is 1.25 bits per heavy atom. The Kier molecular flexibility index (Phi) is 3.15. The Morgan fingerprint density at radius 2 is 2.06 bits per heavy atom.